The molecule has 20 heavy (non-hydrogen) atoms. The lowest BCUT2D eigenvalue weighted by Crippen LogP contribution is -2.27. The van der Waals surface area contributed by atoms with Crippen molar-refractivity contribution in [3.05, 3.63) is 64.4 Å². The van der Waals surface area contributed by atoms with Gasteiger partial charge >= 0.3 is 0 Å². The normalized spacial score (nSPS) is 11.9. The van der Waals surface area contributed by atoms with Gasteiger partial charge in [0.05, 0.1) is 0 Å². The summed E-state index contributed by atoms with van der Waals surface area (Å²) >= 11 is 5.81. The van der Waals surface area contributed by atoms with Gasteiger partial charge in [0, 0.05) is 10.7 Å². The largest absolute Gasteiger partial charge is 0.370 e. The van der Waals surface area contributed by atoms with Gasteiger partial charge in [-0.1, -0.05) is 23.7 Å². The number of carbonyl (C=O) groups is 1. The molecule has 1 amide bonds. The highest BCUT2D eigenvalue weighted by Crippen LogP contribution is 2.24. The quantitative estimate of drug-likeness (QED) is 0.907. The van der Waals surface area contributed by atoms with Crippen molar-refractivity contribution in [2.75, 3.05) is 5.32 Å². The van der Waals surface area contributed by atoms with Crippen LogP contribution in [0.4, 0.5) is 10.1 Å². The van der Waals surface area contributed by atoms with E-state index in [0.717, 1.165) is 11.3 Å². The second kappa shape index (κ2) is 5.92. The van der Waals surface area contributed by atoms with Crippen LogP contribution in [0.15, 0.2) is 42.5 Å². The maximum Gasteiger partial charge on any atom is 0.244 e. The van der Waals surface area contributed by atoms with Crippen LogP contribution in [0.3, 0.4) is 0 Å². The highest BCUT2D eigenvalue weighted by Gasteiger charge is 2.19. The molecule has 5 heteroatoms. The summed E-state index contributed by atoms with van der Waals surface area (Å²) in [5.74, 6) is -1.11. The van der Waals surface area contributed by atoms with Gasteiger partial charge in [-0.05, 0) is 48.4 Å². The third kappa shape index (κ3) is 3.48. The molecule has 0 fully saturated rings. The molecule has 1 unspecified atom stereocenters. The number of aryl methyl sites for hydroxylation is 1. The number of anilines is 1. The third-order valence-electron chi connectivity index (χ3n) is 2.83. The first-order valence-corrected chi connectivity index (χ1v) is 6.42. The lowest BCUT2D eigenvalue weighted by atomic mass is 10.1. The Bertz CT molecular complexity index is 625. The van der Waals surface area contributed by atoms with E-state index < -0.39 is 17.8 Å². The molecule has 0 heterocycles. The van der Waals surface area contributed by atoms with Crippen LogP contribution >= 0.6 is 11.6 Å². The van der Waals surface area contributed by atoms with E-state index in [1.54, 1.807) is 0 Å². The van der Waals surface area contributed by atoms with Gasteiger partial charge in [0.2, 0.25) is 5.91 Å². The fraction of sp³-hybridized carbons (Fsp3) is 0.133. The van der Waals surface area contributed by atoms with Gasteiger partial charge in [-0.2, -0.15) is 0 Å². The van der Waals surface area contributed by atoms with Gasteiger partial charge in [-0.15, -0.1) is 0 Å². The molecule has 0 aliphatic rings. The molecule has 0 radical (unpaired) electrons. The van der Waals surface area contributed by atoms with E-state index in [1.165, 1.54) is 18.2 Å². The van der Waals surface area contributed by atoms with Crippen molar-refractivity contribution < 1.29 is 9.18 Å². The van der Waals surface area contributed by atoms with Crippen molar-refractivity contribution in [3.63, 3.8) is 0 Å². The summed E-state index contributed by atoms with van der Waals surface area (Å²) in [5.41, 5.74) is 7.55. The van der Waals surface area contributed by atoms with Gasteiger partial charge in [-0.25, -0.2) is 4.39 Å². The van der Waals surface area contributed by atoms with Crippen LogP contribution in [0.5, 0.6) is 0 Å². The van der Waals surface area contributed by atoms with E-state index in [1.807, 2.05) is 31.2 Å². The van der Waals surface area contributed by atoms with Crippen LogP contribution < -0.4 is 11.1 Å². The van der Waals surface area contributed by atoms with Gasteiger partial charge in [-0.3, -0.25) is 4.79 Å². The van der Waals surface area contributed by atoms with E-state index in [0.29, 0.717) is 5.56 Å². The summed E-state index contributed by atoms with van der Waals surface area (Å²) in [5, 5.41) is 3.21. The van der Waals surface area contributed by atoms with Crippen LogP contribution in [0.25, 0.3) is 0 Å². The summed E-state index contributed by atoms with van der Waals surface area (Å²) in [6.45, 7) is 1.93. The Morgan fingerprint density at radius 1 is 1.30 bits per heavy atom. The summed E-state index contributed by atoms with van der Waals surface area (Å²) in [4.78, 5) is 11.6. The van der Waals surface area contributed by atoms with E-state index in [-0.39, 0.29) is 5.02 Å². The van der Waals surface area contributed by atoms with E-state index in [4.69, 9.17) is 17.3 Å². The van der Waals surface area contributed by atoms with Gasteiger partial charge < -0.3 is 11.1 Å². The number of halogens is 2. The molecule has 0 aliphatic carbocycles. The predicted molar refractivity (Wildman–Crippen MR) is 78.1 cm³/mol. The number of carbonyl (C=O) groups excluding carboxylic acids is 1. The lowest BCUT2D eigenvalue weighted by molar-refractivity contribution is -0.118. The number of primary amides is 1. The maximum absolute atomic E-state index is 13.4. The van der Waals surface area contributed by atoms with Crippen molar-refractivity contribution in [1.29, 1.82) is 0 Å². The minimum absolute atomic E-state index is 0.220. The SMILES string of the molecule is Cc1cccc(NC(C(N)=O)c2cc(F)cc(Cl)c2)c1. The molecule has 2 aromatic carbocycles. The third-order valence-corrected chi connectivity index (χ3v) is 3.05. The average Bonchev–Trinajstić information content (AvgIpc) is 2.34. The van der Waals surface area contributed by atoms with Crippen LogP contribution in [-0.2, 0) is 4.79 Å². The van der Waals surface area contributed by atoms with Gasteiger partial charge in [0.25, 0.3) is 0 Å². The average molecular weight is 293 g/mol. The fourth-order valence-corrected chi connectivity index (χ4v) is 2.19. The van der Waals surface area contributed by atoms with Crippen molar-refractivity contribution in [1.82, 2.24) is 0 Å². The Hall–Kier alpha value is -2.07. The Labute approximate surface area is 121 Å². The standard InChI is InChI=1S/C15H14ClFN2O/c1-9-3-2-4-13(5-9)19-14(15(18)20)10-6-11(16)8-12(17)7-10/h2-8,14,19H,1H3,(H2,18,20). The molecule has 0 spiro atoms. The molecular formula is C15H14ClFN2O. The number of benzene rings is 2. The zero-order valence-electron chi connectivity index (χ0n) is 10.9. The Morgan fingerprint density at radius 3 is 2.65 bits per heavy atom. The molecule has 1 atom stereocenters. The first-order chi connectivity index (χ1) is 9.45. The first-order valence-electron chi connectivity index (χ1n) is 6.04. The first kappa shape index (κ1) is 14.3. The number of nitrogens with two attached hydrogens (primary N) is 1. The number of nitrogens with one attached hydrogen (secondary N) is 1. The molecule has 104 valence electrons. The zero-order chi connectivity index (χ0) is 14.7. The molecule has 0 aromatic heterocycles. The van der Waals surface area contributed by atoms with E-state index >= 15 is 0 Å². The minimum atomic E-state index is -0.843. The number of amides is 1. The van der Waals surface area contributed by atoms with Crippen molar-refractivity contribution in [2.24, 2.45) is 5.73 Å². The van der Waals surface area contributed by atoms with Crippen LogP contribution in [-0.4, -0.2) is 5.91 Å². The second-order valence-electron chi connectivity index (χ2n) is 4.55. The number of rotatable bonds is 4. The summed E-state index contributed by atoms with van der Waals surface area (Å²) in [6.07, 6.45) is 0. The Morgan fingerprint density at radius 2 is 2.05 bits per heavy atom. The van der Waals surface area contributed by atoms with Crippen LogP contribution in [0, 0.1) is 12.7 Å². The van der Waals surface area contributed by atoms with Gasteiger partial charge in [0.15, 0.2) is 0 Å². The number of hydrogen-bond acceptors (Lipinski definition) is 2. The molecule has 0 saturated heterocycles. The maximum atomic E-state index is 13.4. The molecule has 3 nitrogen and oxygen atoms in total. The van der Waals surface area contributed by atoms with Crippen molar-refractivity contribution >= 4 is 23.2 Å². The Balaban J connectivity index is 2.34. The smallest absolute Gasteiger partial charge is 0.244 e. The second-order valence-corrected chi connectivity index (χ2v) is 4.99. The summed E-state index contributed by atoms with van der Waals surface area (Å²) in [7, 11) is 0. The van der Waals surface area contributed by atoms with Crippen molar-refractivity contribution in [3.8, 4) is 0 Å². The van der Waals surface area contributed by atoms with Crippen molar-refractivity contribution in [2.45, 2.75) is 13.0 Å². The highest BCUT2D eigenvalue weighted by molar-refractivity contribution is 6.30. The number of hydrogen-bond donors (Lipinski definition) is 2. The minimum Gasteiger partial charge on any atom is -0.370 e. The molecule has 0 aliphatic heterocycles. The highest BCUT2D eigenvalue weighted by atomic mass is 35.5. The molecular weight excluding hydrogens is 279 g/mol. The summed E-state index contributed by atoms with van der Waals surface area (Å²) < 4.78 is 13.4. The summed E-state index contributed by atoms with van der Waals surface area (Å²) in [6, 6.07) is 10.6. The van der Waals surface area contributed by atoms with Crippen LogP contribution in [0.2, 0.25) is 5.02 Å². The van der Waals surface area contributed by atoms with E-state index in [2.05, 4.69) is 5.32 Å². The Kier molecular flexibility index (Phi) is 4.25. The predicted octanol–water partition coefficient (Wildman–Crippen LogP) is 3.43. The zero-order valence-corrected chi connectivity index (χ0v) is 11.6. The fourth-order valence-electron chi connectivity index (χ4n) is 1.96. The van der Waals surface area contributed by atoms with E-state index in [9.17, 15) is 9.18 Å². The molecule has 0 bridgehead atoms. The lowest BCUT2D eigenvalue weighted by Gasteiger charge is -2.18. The topological polar surface area (TPSA) is 55.1 Å². The molecule has 3 N–H and O–H groups in total. The molecule has 2 aromatic rings. The molecule has 0 saturated carbocycles. The van der Waals surface area contributed by atoms with Gasteiger partial charge in [0.1, 0.15) is 11.9 Å². The van der Waals surface area contributed by atoms with Crippen LogP contribution in [0.1, 0.15) is 17.2 Å². The molecule has 2 rings (SSSR count). The monoisotopic (exact) mass is 292 g/mol.